The molecule has 1 N–H and O–H groups in total. The van der Waals surface area contributed by atoms with Crippen LogP contribution in [-0.4, -0.2) is 33.1 Å². The van der Waals surface area contributed by atoms with Gasteiger partial charge in [-0.3, -0.25) is 4.79 Å². The molecule has 0 spiro atoms. The third kappa shape index (κ3) is 2.69. The summed E-state index contributed by atoms with van der Waals surface area (Å²) in [5.41, 5.74) is 1.54. The molecular formula is C18H21N3O2S. The van der Waals surface area contributed by atoms with E-state index in [4.69, 9.17) is 16.6 Å². The Labute approximate surface area is 146 Å². The van der Waals surface area contributed by atoms with Crippen LogP contribution in [-0.2, 0) is 0 Å². The van der Waals surface area contributed by atoms with Gasteiger partial charge < -0.3 is 9.32 Å². The number of likely N-dealkylation sites (tertiary alicyclic amines) is 1. The molecule has 4 rings (SSSR count). The molecule has 0 unspecified atom stereocenters. The average Bonchev–Trinajstić information content (AvgIpc) is 3.17. The Balaban J connectivity index is 1.57. The largest absolute Gasteiger partial charge is 0.409 e. The van der Waals surface area contributed by atoms with Gasteiger partial charge in [0, 0.05) is 23.2 Å². The van der Waals surface area contributed by atoms with Gasteiger partial charge >= 0.3 is 0 Å². The molecule has 1 aromatic carbocycles. The Morgan fingerprint density at radius 2 is 2.04 bits per heavy atom. The Bertz CT molecular complexity index is 795. The predicted octanol–water partition coefficient (Wildman–Crippen LogP) is 4.19. The predicted molar refractivity (Wildman–Crippen MR) is 93.1 cm³/mol. The summed E-state index contributed by atoms with van der Waals surface area (Å²) in [6, 6.07) is 8.18. The Hall–Kier alpha value is -1.95. The van der Waals surface area contributed by atoms with Gasteiger partial charge in [-0.25, -0.2) is 5.10 Å². The van der Waals surface area contributed by atoms with Crippen molar-refractivity contribution in [2.24, 2.45) is 5.92 Å². The zero-order valence-corrected chi connectivity index (χ0v) is 14.5. The number of fused-ring (bicyclic) bond motifs is 1. The summed E-state index contributed by atoms with van der Waals surface area (Å²) < 4.78 is 5.31. The number of nitrogens with one attached hydrogen (secondary N) is 1. The maximum Gasteiger partial charge on any atom is 0.284 e. The van der Waals surface area contributed by atoms with Crippen LogP contribution >= 0.6 is 12.2 Å². The molecule has 1 amide bonds. The highest BCUT2D eigenvalue weighted by molar-refractivity contribution is 7.71. The molecule has 1 saturated carbocycles. The molecule has 0 bridgehead atoms. The molecule has 1 aliphatic carbocycles. The van der Waals surface area contributed by atoms with Gasteiger partial charge in [0.25, 0.3) is 10.7 Å². The van der Waals surface area contributed by atoms with Crippen molar-refractivity contribution in [3.8, 4) is 11.5 Å². The molecule has 1 aliphatic heterocycles. The summed E-state index contributed by atoms with van der Waals surface area (Å²) in [6.07, 6.45) is 6.10. The number of carbonyl (C=O) groups excluding carboxylic acids is 1. The fourth-order valence-electron chi connectivity index (χ4n) is 4.32. The summed E-state index contributed by atoms with van der Waals surface area (Å²) in [7, 11) is 0. The summed E-state index contributed by atoms with van der Waals surface area (Å²) in [5.74, 6) is 1.28. The minimum absolute atomic E-state index is 0.145. The fraction of sp³-hybridized carbons (Fsp3) is 0.500. The molecule has 0 radical (unpaired) electrons. The van der Waals surface area contributed by atoms with Gasteiger partial charge in [0.05, 0.1) is 0 Å². The average molecular weight is 343 g/mol. The molecule has 5 nitrogen and oxygen atoms in total. The molecule has 2 aromatic rings. The standard InChI is InChI=1S/C18H21N3O2S/c1-11-10-14-4-2-3-5-15(14)21(11)17(22)13-8-6-12(7-9-13)16-19-20-18(24)23-16/h6-9,11,14-15H,2-5,10H2,1H3,(H,20,24)/t11-,14+,15+/m1/s1. The van der Waals surface area contributed by atoms with Crippen molar-refractivity contribution in [2.45, 2.75) is 51.1 Å². The second-order valence-electron chi connectivity index (χ2n) is 6.90. The van der Waals surface area contributed by atoms with Gasteiger partial charge in [0.15, 0.2) is 0 Å². The van der Waals surface area contributed by atoms with Crippen molar-refractivity contribution in [1.82, 2.24) is 15.1 Å². The monoisotopic (exact) mass is 343 g/mol. The van der Waals surface area contributed by atoms with E-state index in [1.165, 1.54) is 19.3 Å². The topological polar surface area (TPSA) is 62.1 Å². The quantitative estimate of drug-likeness (QED) is 0.831. The lowest BCUT2D eigenvalue weighted by molar-refractivity contribution is 0.0633. The number of rotatable bonds is 2. The van der Waals surface area contributed by atoms with Gasteiger partial charge in [0.2, 0.25) is 5.89 Å². The molecule has 24 heavy (non-hydrogen) atoms. The molecule has 2 aliphatic rings. The summed E-state index contributed by atoms with van der Waals surface area (Å²) >= 11 is 4.89. The van der Waals surface area contributed by atoms with E-state index in [1.54, 1.807) is 0 Å². The zero-order valence-electron chi connectivity index (χ0n) is 13.7. The SMILES string of the molecule is C[C@@H]1C[C@@H]2CCCC[C@@H]2N1C(=O)c1ccc(-c2n[nH]c(=S)o2)cc1. The second-order valence-corrected chi connectivity index (χ2v) is 7.28. The van der Waals surface area contributed by atoms with Crippen molar-refractivity contribution in [2.75, 3.05) is 0 Å². The Morgan fingerprint density at radius 1 is 1.29 bits per heavy atom. The van der Waals surface area contributed by atoms with Crippen LogP contribution in [0.3, 0.4) is 0 Å². The van der Waals surface area contributed by atoms with Crippen LogP contribution in [0.4, 0.5) is 0 Å². The van der Waals surface area contributed by atoms with E-state index in [1.807, 2.05) is 24.3 Å². The van der Waals surface area contributed by atoms with Crippen LogP contribution in [0.25, 0.3) is 11.5 Å². The number of aromatic amines is 1. The lowest BCUT2D eigenvalue weighted by Crippen LogP contribution is -2.42. The number of benzene rings is 1. The van der Waals surface area contributed by atoms with E-state index in [0.29, 0.717) is 23.9 Å². The van der Waals surface area contributed by atoms with Crippen LogP contribution in [0.1, 0.15) is 49.4 Å². The third-order valence-corrected chi connectivity index (χ3v) is 5.57. The van der Waals surface area contributed by atoms with Crippen molar-refractivity contribution in [3.63, 3.8) is 0 Å². The first-order chi connectivity index (χ1) is 11.6. The number of H-pyrrole nitrogens is 1. The van der Waals surface area contributed by atoms with Gasteiger partial charge in [-0.2, -0.15) is 0 Å². The first-order valence-electron chi connectivity index (χ1n) is 8.62. The van der Waals surface area contributed by atoms with E-state index in [9.17, 15) is 4.79 Å². The van der Waals surface area contributed by atoms with E-state index in [2.05, 4.69) is 22.0 Å². The number of hydrogen-bond acceptors (Lipinski definition) is 4. The van der Waals surface area contributed by atoms with E-state index in [0.717, 1.165) is 24.0 Å². The number of amides is 1. The first kappa shape index (κ1) is 15.6. The van der Waals surface area contributed by atoms with Crippen molar-refractivity contribution in [3.05, 3.63) is 34.7 Å². The molecule has 1 aromatic heterocycles. The number of nitrogens with zero attached hydrogens (tertiary/aromatic N) is 2. The second kappa shape index (κ2) is 6.16. The van der Waals surface area contributed by atoms with Crippen molar-refractivity contribution < 1.29 is 9.21 Å². The summed E-state index contributed by atoms with van der Waals surface area (Å²) in [4.78, 5) is 15.4. The third-order valence-electron chi connectivity index (χ3n) is 5.40. The van der Waals surface area contributed by atoms with Crippen LogP contribution in [0.15, 0.2) is 28.7 Å². The minimum Gasteiger partial charge on any atom is -0.409 e. The first-order valence-corrected chi connectivity index (χ1v) is 9.03. The highest BCUT2D eigenvalue weighted by Gasteiger charge is 2.42. The zero-order chi connectivity index (χ0) is 16.7. The van der Waals surface area contributed by atoms with E-state index < -0.39 is 0 Å². The molecule has 2 fully saturated rings. The van der Waals surface area contributed by atoms with E-state index in [-0.39, 0.29) is 10.7 Å². The maximum atomic E-state index is 13.0. The van der Waals surface area contributed by atoms with Gasteiger partial charge in [-0.15, -0.1) is 5.10 Å². The summed E-state index contributed by atoms with van der Waals surface area (Å²) in [5, 5.41) is 6.62. The number of aromatic nitrogens is 2. The smallest absolute Gasteiger partial charge is 0.284 e. The van der Waals surface area contributed by atoms with Gasteiger partial charge in [0.1, 0.15) is 0 Å². The van der Waals surface area contributed by atoms with Crippen molar-refractivity contribution in [1.29, 1.82) is 0 Å². The number of hydrogen-bond donors (Lipinski definition) is 1. The molecule has 2 heterocycles. The van der Waals surface area contributed by atoms with Crippen LogP contribution in [0.2, 0.25) is 0 Å². The Morgan fingerprint density at radius 3 is 2.75 bits per heavy atom. The maximum absolute atomic E-state index is 13.0. The molecule has 126 valence electrons. The molecule has 3 atom stereocenters. The highest BCUT2D eigenvalue weighted by Crippen LogP contribution is 2.40. The van der Waals surface area contributed by atoms with Gasteiger partial charge in [-0.05, 0) is 68.6 Å². The Kier molecular flexibility index (Phi) is 4.00. The fourth-order valence-corrected chi connectivity index (χ4v) is 4.44. The van der Waals surface area contributed by atoms with Crippen LogP contribution in [0, 0.1) is 10.8 Å². The highest BCUT2D eigenvalue weighted by atomic mass is 32.1. The van der Waals surface area contributed by atoms with Crippen LogP contribution in [0.5, 0.6) is 0 Å². The number of carbonyl (C=O) groups is 1. The van der Waals surface area contributed by atoms with Crippen molar-refractivity contribution >= 4 is 18.1 Å². The minimum atomic E-state index is 0.145. The van der Waals surface area contributed by atoms with E-state index >= 15 is 0 Å². The molecular weight excluding hydrogens is 322 g/mol. The van der Waals surface area contributed by atoms with Crippen LogP contribution < -0.4 is 0 Å². The summed E-state index contributed by atoms with van der Waals surface area (Å²) in [6.45, 7) is 2.18. The lowest BCUT2D eigenvalue weighted by Gasteiger charge is -2.33. The normalized spacial score (nSPS) is 26.4. The molecule has 6 heteroatoms. The lowest BCUT2D eigenvalue weighted by atomic mass is 9.85. The molecule has 1 saturated heterocycles. The van der Waals surface area contributed by atoms with Gasteiger partial charge in [-0.1, -0.05) is 12.8 Å².